The lowest BCUT2D eigenvalue weighted by molar-refractivity contribution is -0.139. The quantitative estimate of drug-likeness (QED) is 0.907. The second-order valence-electron chi connectivity index (χ2n) is 4.08. The van der Waals surface area contributed by atoms with Gasteiger partial charge in [-0.25, -0.2) is 0 Å². The fraction of sp³-hybridized carbons (Fsp3) is 0.417. The summed E-state index contributed by atoms with van der Waals surface area (Å²) in [7, 11) is 0. The highest BCUT2D eigenvalue weighted by Gasteiger charge is 2.20. The minimum Gasteiger partial charge on any atom is -0.481 e. The van der Waals surface area contributed by atoms with Gasteiger partial charge in [0.2, 0.25) is 0 Å². The average Bonchev–Trinajstić information content (AvgIpc) is 2.13. The molecule has 1 atom stereocenters. The molecule has 1 aromatic carbocycles. The molecule has 0 radical (unpaired) electrons. The summed E-state index contributed by atoms with van der Waals surface area (Å²) < 4.78 is 0.926. The molecule has 82 valence electrons. The number of halogens is 1. The van der Waals surface area contributed by atoms with Gasteiger partial charge in [0.15, 0.2) is 0 Å². The van der Waals surface area contributed by atoms with Gasteiger partial charge in [-0.15, -0.1) is 0 Å². The summed E-state index contributed by atoms with van der Waals surface area (Å²) in [4.78, 5) is 11.1. The maximum atomic E-state index is 11.1. The van der Waals surface area contributed by atoms with Gasteiger partial charge in [-0.2, -0.15) is 0 Å². The Balaban J connectivity index is 2.94. The van der Waals surface area contributed by atoms with Crippen LogP contribution in [0.1, 0.15) is 31.7 Å². The van der Waals surface area contributed by atoms with Gasteiger partial charge in [0.1, 0.15) is 0 Å². The van der Waals surface area contributed by atoms with E-state index in [0.717, 1.165) is 10.0 Å². The molecular formula is C12H15BrO2. The minimum atomic E-state index is -0.748. The van der Waals surface area contributed by atoms with Crippen LogP contribution in [0.4, 0.5) is 0 Å². The highest BCUT2D eigenvalue weighted by Crippen LogP contribution is 2.26. The Kier molecular flexibility index (Phi) is 4.33. The van der Waals surface area contributed by atoms with E-state index in [1.807, 2.05) is 38.1 Å². The van der Waals surface area contributed by atoms with Gasteiger partial charge in [0.25, 0.3) is 0 Å². The zero-order valence-electron chi connectivity index (χ0n) is 8.90. The topological polar surface area (TPSA) is 37.3 Å². The molecule has 1 rings (SSSR count). The summed E-state index contributed by atoms with van der Waals surface area (Å²) in [5.74, 6) is -0.769. The third-order valence-electron chi connectivity index (χ3n) is 2.26. The maximum Gasteiger partial charge on any atom is 0.310 e. The van der Waals surface area contributed by atoms with Crippen molar-refractivity contribution < 1.29 is 9.90 Å². The molecule has 0 spiro atoms. The zero-order chi connectivity index (χ0) is 11.4. The van der Waals surface area contributed by atoms with Crippen LogP contribution in [0.15, 0.2) is 28.7 Å². The van der Waals surface area contributed by atoms with Gasteiger partial charge in [-0.05, 0) is 30.0 Å². The summed E-state index contributed by atoms with van der Waals surface area (Å²) in [6.07, 6.45) is 0.672. The molecule has 0 aliphatic carbocycles. The van der Waals surface area contributed by atoms with Crippen molar-refractivity contribution in [1.29, 1.82) is 0 Å². The largest absolute Gasteiger partial charge is 0.481 e. The molecule has 0 unspecified atom stereocenters. The SMILES string of the molecule is CC(C)C[C@H](C(=O)O)c1cccc(Br)c1. The van der Waals surface area contributed by atoms with E-state index >= 15 is 0 Å². The van der Waals surface area contributed by atoms with Crippen LogP contribution in [0.2, 0.25) is 0 Å². The van der Waals surface area contributed by atoms with E-state index < -0.39 is 11.9 Å². The fourth-order valence-corrected chi connectivity index (χ4v) is 1.99. The Labute approximate surface area is 98.4 Å². The van der Waals surface area contributed by atoms with Gasteiger partial charge in [0.05, 0.1) is 5.92 Å². The molecule has 0 fully saturated rings. The third-order valence-corrected chi connectivity index (χ3v) is 2.75. The first-order valence-corrected chi connectivity index (χ1v) is 5.78. The average molecular weight is 271 g/mol. The van der Waals surface area contributed by atoms with Crippen molar-refractivity contribution in [3.8, 4) is 0 Å². The van der Waals surface area contributed by atoms with Crippen LogP contribution < -0.4 is 0 Å². The predicted molar refractivity (Wildman–Crippen MR) is 64.0 cm³/mol. The molecule has 0 bridgehead atoms. The van der Waals surface area contributed by atoms with Crippen molar-refractivity contribution in [3.63, 3.8) is 0 Å². The Bertz CT molecular complexity index is 347. The van der Waals surface area contributed by atoms with Crippen LogP contribution in [0, 0.1) is 5.92 Å². The lowest BCUT2D eigenvalue weighted by atomic mass is 9.90. The van der Waals surface area contributed by atoms with Crippen molar-refractivity contribution in [2.45, 2.75) is 26.2 Å². The van der Waals surface area contributed by atoms with E-state index in [0.29, 0.717) is 12.3 Å². The third kappa shape index (κ3) is 3.67. The van der Waals surface area contributed by atoms with Crippen molar-refractivity contribution in [1.82, 2.24) is 0 Å². The number of aliphatic carboxylic acids is 1. The molecule has 0 aliphatic rings. The van der Waals surface area contributed by atoms with Crippen LogP contribution in [-0.2, 0) is 4.79 Å². The van der Waals surface area contributed by atoms with Crippen molar-refractivity contribution in [3.05, 3.63) is 34.3 Å². The molecule has 15 heavy (non-hydrogen) atoms. The molecule has 0 amide bonds. The number of rotatable bonds is 4. The van der Waals surface area contributed by atoms with Gasteiger partial charge in [-0.1, -0.05) is 41.9 Å². The summed E-state index contributed by atoms with van der Waals surface area (Å²) in [6, 6.07) is 7.51. The molecule has 0 aromatic heterocycles. The number of carbonyl (C=O) groups is 1. The molecule has 0 aliphatic heterocycles. The standard InChI is InChI=1S/C12H15BrO2/c1-8(2)6-11(12(14)15)9-4-3-5-10(13)7-9/h3-5,7-8,11H,6H2,1-2H3,(H,14,15)/t11-/m0/s1. The molecule has 0 saturated heterocycles. The minimum absolute atomic E-state index is 0.380. The second kappa shape index (κ2) is 5.31. The molecular weight excluding hydrogens is 256 g/mol. The Morgan fingerprint density at radius 1 is 1.47 bits per heavy atom. The fourth-order valence-electron chi connectivity index (χ4n) is 1.57. The smallest absolute Gasteiger partial charge is 0.310 e. The lowest BCUT2D eigenvalue weighted by Gasteiger charge is -2.15. The number of hydrogen-bond donors (Lipinski definition) is 1. The lowest BCUT2D eigenvalue weighted by Crippen LogP contribution is -2.13. The highest BCUT2D eigenvalue weighted by atomic mass is 79.9. The van der Waals surface area contributed by atoms with E-state index in [1.165, 1.54) is 0 Å². The summed E-state index contributed by atoms with van der Waals surface area (Å²) >= 11 is 3.35. The number of carboxylic acids is 1. The summed E-state index contributed by atoms with van der Waals surface area (Å²) in [5, 5.41) is 9.15. The number of benzene rings is 1. The summed E-state index contributed by atoms with van der Waals surface area (Å²) in [5.41, 5.74) is 0.866. The van der Waals surface area contributed by atoms with Crippen LogP contribution in [-0.4, -0.2) is 11.1 Å². The predicted octanol–water partition coefficient (Wildman–Crippen LogP) is 3.66. The first-order chi connectivity index (χ1) is 7.00. The van der Waals surface area contributed by atoms with E-state index in [1.54, 1.807) is 0 Å². The van der Waals surface area contributed by atoms with Crippen LogP contribution in [0.25, 0.3) is 0 Å². The van der Waals surface area contributed by atoms with Crippen molar-refractivity contribution in [2.75, 3.05) is 0 Å². The highest BCUT2D eigenvalue weighted by molar-refractivity contribution is 9.10. The van der Waals surface area contributed by atoms with Gasteiger partial charge in [-0.3, -0.25) is 4.79 Å². The van der Waals surface area contributed by atoms with Gasteiger partial charge >= 0.3 is 5.97 Å². The molecule has 1 N–H and O–H groups in total. The Morgan fingerprint density at radius 3 is 2.60 bits per heavy atom. The number of hydrogen-bond acceptors (Lipinski definition) is 1. The second-order valence-corrected chi connectivity index (χ2v) is 4.99. The van der Waals surface area contributed by atoms with Crippen LogP contribution in [0.5, 0.6) is 0 Å². The first kappa shape index (κ1) is 12.2. The van der Waals surface area contributed by atoms with E-state index in [2.05, 4.69) is 15.9 Å². The van der Waals surface area contributed by atoms with E-state index in [-0.39, 0.29) is 0 Å². The molecule has 1 aromatic rings. The molecule has 3 heteroatoms. The van der Waals surface area contributed by atoms with E-state index in [4.69, 9.17) is 5.11 Å². The van der Waals surface area contributed by atoms with Crippen LogP contribution in [0.3, 0.4) is 0 Å². The summed E-state index contributed by atoms with van der Waals surface area (Å²) in [6.45, 7) is 4.07. The van der Waals surface area contributed by atoms with Gasteiger partial charge in [0, 0.05) is 4.47 Å². The van der Waals surface area contributed by atoms with Crippen LogP contribution >= 0.6 is 15.9 Å². The number of carboxylic acid groups (broad SMARTS) is 1. The van der Waals surface area contributed by atoms with Crippen molar-refractivity contribution in [2.24, 2.45) is 5.92 Å². The first-order valence-electron chi connectivity index (χ1n) is 4.99. The monoisotopic (exact) mass is 270 g/mol. The van der Waals surface area contributed by atoms with E-state index in [9.17, 15) is 4.79 Å². The molecule has 2 nitrogen and oxygen atoms in total. The van der Waals surface area contributed by atoms with Gasteiger partial charge < -0.3 is 5.11 Å². The normalized spacial score (nSPS) is 12.8. The maximum absolute atomic E-state index is 11.1. The Morgan fingerprint density at radius 2 is 2.13 bits per heavy atom. The zero-order valence-corrected chi connectivity index (χ0v) is 10.5. The Hall–Kier alpha value is -0.830. The molecule has 0 heterocycles. The molecule has 0 saturated carbocycles. The van der Waals surface area contributed by atoms with Crippen molar-refractivity contribution >= 4 is 21.9 Å².